The van der Waals surface area contributed by atoms with Crippen molar-refractivity contribution < 1.29 is 27.1 Å². The van der Waals surface area contributed by atoms with Gasteiger partial charge in [-0.3, -0.25) is 13.9 Å². The number of halogens is 1. The molecule has 1 fully saturated rings. The zero-order valence-electron chi connectivity index (χ0n) is 27.3. The number of rotatable bonds is 13. The van der Waals surface area contributed by atoms with Crippen molar-refractivity contribution in [3.8, 4) is 5.75 Å². The first-order valence-corrected chi connectivity index (χ1v) is 17.7. The summed E-state index contributed by atoms with van der Waals surface area (Å²) in [6, 6.07) is 27.1. The zero-order valence-corrected chi connectivity index (χ0v) is 28.2. The van der Waals surface area contributed by atoms with Crippen LogP contribution < -0.4 is 14.4 Å². The van der Waals surface area contributed by atoms with Gasteiger partial charge in [0, 0.05) is 19.0 Å². The maximum absolute atomic E-state index is 14.7. The van der Waals surface area contributed by atoms with Crippen LogP contribution in [0.2, 0.25) is 0 Å². The van der Waals surface area contributed by atoms with Crippen molar-refractivity contribution in [1.29, 1.82) is 0 Å². The van der Waals surface area contributed by atoms with Gasteiger partial charge in [0.15, 0.2) is 0 Å². The summed E-state index contributed by atoms with van der Waals surface area (Å²) < 4.78 is 49.1. The van der Waals surface area contributed by atoms with Crippen LogP contribution in [-0.4, -0.2) is 50.9 Å². The number of methoxy groups -OCH3 is 1. The number of nitrogens with zero attached hydrogens (tertiary/aromatic N) is 2. The molecule has 2 amide bonds. The molecule has 0 spiro atoms. The molecule has 10 heteroatoms. The standard InChI is InChI=1S/C38H42FN3O5S/c1-28-17-23-33(24-18-28)48(45,46)42(34-15-9-10-16-36(34)47-2)27-37(43)41(26-30-19-21-31(39)22-20-30)35(25-29-11-5-3-6-12-29)38(44)40-32-13-7-4-8-14-32/h3,5-6,9-12,15-24,32,35H,4,7-8,13-14,25-27H2,1-2H3,(H,40,44)/t35-/m1/s1. The number of anilines is 1. The molecule has 8 nitrogen and oxygen atoms in total. The van der Waals surface area contributed by atoms with Crippen LogP contribution in [0.25, 0.3) is 0 Å². The number of carbonyl (C=O) groups excluding carboxylic acids is 2. The maximum atomic E-state index is 14.7. The zero-order chi connectivity index (χ0) is 34.1. The molecular formula is C38H42FN3O5S. The number of carbonyl (C=O) groups is 2. The van der Waals surface area contributed by atoms with Gasteiger partial charge in [0.25, 0.3) is 10.0 Å². The molecule has 4 aromatic carbocycles. The highest BCUT2D eigenvalue weighted by Crippen LogP contribution is 2.33. The molecule has 48 heavy (non-hydrogen) atoms. The number of hydrogen-bond acceptors (Lipinski definition) is 5. The number of nitrogens with one attached hydrogen (secondary N) is 1. The van der Waals surface area contributed by atoms with Crippen LogP contribution in [0.5, 0.6) is 5.75 Å². The normalized spacial score (nSPS) is 14.1. The van der Waals surface area contributed by atoms with Crippen LogP contribution in [0.15, 0.2) is 108 Å². The molecule has 5 rings (SSSR count). The number of sulfonamides is 1. The predicted octanol–water partition coefficient (Wildman–Crippen LogP) is 6.43. The van der Waals surface area contributed by atoms with Crippen molar-refractivity contribution in [3.05, 3.63) is 126 Å². The fraction of sp³-hybridized carbons (Fsp3) is 0.316. The molecule has 0 heterocycles. The molecule has 1 N–H and O–H groups in total. The minimum atomic E-state index is -4.28. The Bertz CT molecular complexity index is 1780. The third-order valence-corrected chi connectivity index (χ3v) is 10.5. The van der Waals surface area contributed by atoms with Crippen molar-refractivity contribution in [2.45, 2.75) is 69.0 Å². The Kier molecular flexibility index (Phi) is 11.5. The van der Waals surface area contributed by atoms with Crippen molar-refractivity contribution >= 4 is 27.5 Å². The van der Waals surface area contributed by atoms with E-state index in [0.717, 1.165) is 47.5 Å². The molecule has 1 atom stereocenters. The highest BCUT2D eigenvalue weighted by Gasteiger charge is 2.36. The second kappa shape index (κ2) is 15.9. The molecule has 0 saturated heterocycles. The third-order valence-electron chi connectivity index (χ3n) is 8.73. The molecule has 0 aromatic heterocycles. The molecule has 1 saturated carbocycles. The highest BCUT2D eigenvalue weighted by atomic mass is 32.2. The minimum absolute atomic E-state index is 0.00719. The minimum Gasteiger partial charge on any atom is -0.495 e. The summed E-state index contributed by atoms with van der Waals surface area (Å²) in [5, 5.41) is 3.19. The van der Waals surface area contributed by atoms with E-state index in [1.165, 1.54) is 36.3 Å². The Morgan fingerprint density at radius 1 is 0.854 bits per heavy atom. The first kappa shape index (κ1) is 34.6. The van der Waals surface area contributed by atoms with Crippen LogP contribution in [0.3, 0.4) is 0 Å². The molecule has 0 aliphatic heterocycles. The van der Waals surface area contributed by atoms with E-state index in [1.54, 1.807) is 48.5 Å². The summed E-state index contributed by atoms with van der Waals surface area (Å²) in [6.45, 7) is 1.20. The maximum Gasteiger partial charge on any atom is 0.264 e. The summed E-state index contributed by atoms with van der Waals surface area (Å²) in [7, 11) is -2.85. The van der Waals surface area contributed by atoms with E-state index in [4.69, 9.17) is 4.74 Å². The van der Waals surface area contributed by atoms with Crippen LogP contribution in [0, 0.1) is 12.7 Å². The largest absolute Gasteiger partial charge is 0.495 e. The van der Waals surface area contributed by atoms with Crippen molar-refractivity contribution in [2.24, 2.45) is 0 Å². The van der Waals surface area contributed by atoms with Gasteiger partial charge in [-0.2, -0.15) is 0 Å². The van der Waals surface area contributed by atoms with Crippen molar-refractivity contribution in [3.63, 3.8) is 0 Å². The summed E-state index contributed by atoms with van der Waals surface area (Å²) in [6.07, 6.45) is 5.04. The van der Waals surface area contributed by atoms with Gasteiger partial charge < -0.3 is 15.0 Å². The van der Waals surface area contributed by atoms with Crippen LogP contribution in [-0.2, 0) is 32.6 Å². The Morgan fingerprint density at radius 2 is 1.50 bits per heavy atom. The second-order valence-electron chi connectivity index (χ2n) is 12.2. The number of aryl methyl sites for hydroxylation is 1. The van der Waals surface area contributed by atoms with Gasteiger partial charge in [-0.1, -0.05) is 91.6 Å². The van der Waals surface area contributed by atoms with E-state index >= 15 is 0 Å². The number of para-hydroxylation sites is 2. The SMILES string of the molecule is COc1ccccc1N(CC(=O)N(Cc1ccc(F)cc1)[C@H](Cc1ccccc1)C(=O)NC1CCCCC1)S(=O)(=O)c1ccc(C)cc1. The van der Waals surface area contributed by atoms with Crippen LogP contribution >= 0.6 is 0 Å². The summed E-state index contributed by atoms with van der Waals surface area (Å²) in [4.78, 5) is 30.3. The van der Waals surface area contributed by atoms with Crippen LogP contribution in [0.4, 0.5) is 10.1 Å². The van der Waals surface area contributed by atoms with E-state index < -0.39 is 34.3 Å². The highest BCUT2D eigenvalue weighted by molar-refractivity contribution is 7.92. The Morgan fingerprint density at radius 3 is 2.17 bits per heavy atom. The van der Waals surface area contributed by atoms with Crippen molar-refractivity contribution in [2.75, 3.05) is 18.0 Å². The number of ether oxygens (including phenoxy) is 1. The average Bonchev–Trinajstić information content (AvgIpc) is 3.10. The Balaban J connectivity index is 1.58. The van der Waals surface area contributed by atoms with E-state index in [0.29, 0.717) is 5.56 Å². The van der Waals surface area contributed by atoms with Gasteiger partial charge in [-0.05, 0) is 67.3 Å². The van der Waals surface area contributed by atoms with E-state index in [-0.39, 0.29) is 41.2 Å². The van der Waals surface area contributed by atoms with Gasteiger partial charge >= 0.3 is 0 Å². The van der Waals surface area contributed by atoms with E-state index in [2.05, 4.69) is 5.32 Å². The Hall–Kier alpha value is -4.70. The molecule has 0 unspecified atom stereocenters. The number of amides is 2. The van der Waals surface area contributed by atoms with Gasteiger partial charge in [0.1, 0.15) is 24.2 Å². The molecule has 1 aliphatic carbocycles. The fourth-order valence-corrected chi connectivity index (χ4v) is 7.50. The molecule has 4 aromatic rings. The lowest BCUT2D eigenvalue weighted by molar-refractivity contribution is -0.140. The summed E-state index contributed by atoms with van der Waals surface area (Å²) in [5.74, 6) is -1.08. The van der Waals surface area contributed by atoms with Gasteiger partial charge in [0.2, 0.25) is 11.8 Å². The average molecular weight is 672 g/mol. The monoisotopic (exact) mass is 671 g/mol. The molecule has 1 aliphatic rings. The Labute approximate surface area is 282 Å². The van der Waals surface area contributed by atoms with Gasteiger partial charge in [-0.25, -0.2) is 12.8 Å². The summed E-state index contributed by atoms with van der Waals surface area (Å²) >= 11 is 0. The molecular weight excluding hydrogens is 629 g/mol. The first-order chi connectivity index (χ1) is 23.2. The van der Waals surface area contributed by atoms with Gasteiger partial charge in [0.05, 0.1) is 17.7 Å². The lowest BCUT2D eigenvalue weighted by atomic mass is 9.94. The first-order valence-electron chi connectivity index (χ1n) is 16.3. The lowest BCUT2D eigenvalue weighted by Crippen LogP contribution is -2.55. The van der Waals surface area contributed by atoms with Crippen LogP contribution in [0.1, 0.15) is 48.8 Å². The van der Waals surface area contributed by atoms with Crippen molar-refractivity contribution in [1.82, 2.24) is 10.2 Å². The second-order valence-corrected chi connectivity index (χ2v) is 14.1. The summed E-state index contributed by atoms with van der Waals surface area (Å²) in [5.41, 5.74) is 2.50. The topological polar surface area (TPSA) is 96.0 Å². The quantitative estimate of drug-likeness (QED) is 0.177. The number of benzene rings is 4. The molecule has 252 valence electrons. The lowest BCUT2D eigenvalue weighted by Gasteiger charge is -2.35. The predicted molar refractivity (Wildman–Crippen MR) is 185 cm³/mol. The third kappa shape index (κ3) is 8.60. The molecule has 0 bridgehead atoms. The fourth-order valence-electron chi connectivity index (χ4n) is 6.07. The van der Waals surface area contributed by atoms with Gasteiger partial charge in [-0.15, -0.1) is 0 Å². The molecule has 0 radical (unpaired) electrons. The van der Waals surface area contributed by atoms with E-state index in [1.807, 2.05) is 37.3 Å². The smallest absolute Gasteiger partial charge is 0.264 e. The number of hydrogen-bond donors (Lipinski definition) is 1. The van der Waals surface area contributed by atoms with E-state index in [9.17, 15) is 22.4 Å².